The van der Waals surface area contributed by atoms with Crippen LogP contribution < -0.4 is 0 Å². The second-order valence-corrected chi connectivity index (χ2v) is 3.59. The molecule has 0 amide bonds. The first-order chi connectivity index (χ1) is 8.26. The van der Waals surface area contributed by atoms with Crippen molar-refractivity contribution in [3.05, 3.63) is 0 Å². The Labute approximate surface area is 106 Å². The van der Waals surface area contributed by atoms with Gasteiger partial charge in [-0.2, -0.15) is 0 Å². The Balaban J connectivity index is 0. The Morgan fingerprint density at radius 3 is 1.78 bits per heavy atom. The number of hydrogen-bond donors (Lipinski definition) is 1. The van der Waals surface area contributed by atoms with Crippen molar-refractivity contribution in [2.24, 2.45) is 5.92 Å². The van der Waals surface area contributed by atoms with Gasteiger partial charge in [-0.25, -0.2) is 0 Å². The summed E-state index contributed by atoms with van der Waals surface area (Å²) in [5.74, 6) is -2.70. The molecule has 0 bridgehead atoms. The van der Waals surface area contributed by atoms with Crippen molar-refractivity contribution >= 4 is 23.5 Å². The third kappa shape index (κ3) is 10.8. The number of ether oxygens (including phenoxy) is 1. The zero-order valence-corrected chi connectivity index (χ0v) is 11.2. The molecule has 104 valence electrons. The molecule has 0 aliphatic carbocycles. The first kappa shape index (κ1) is 18.6. The van der Waals surface area contributed by atoms with Crippen molar-refractivity contribution in [3.8, 4) is 0 Å². The summed E-state index contributed by atoms with van der Waals surface area (Å²) in [6, 6.07) is 0. The van der Waals surface area contributed by atoms with Gasteiger partial charge in [0, 0.05) is 0 Å². The quantitative estimate of drug-likeness (QED) is 0.569. The van der Waals surface area contributed by atoms with Crippen LogP contribution in [0.4, 0.5) is 0 Å². The van der Waals surface area contributed by atoms with Crippen LogP contribution in [0.1, 0.15) is 40.5 Å². The molecule has 1 atom stereocenters. The predicted molar refractivity (Wildman–Crippen MR) is 64.0 cm³/mol. The van der Waals surface area contributed by atoms with Gasteiger partial charge in [-0.3, -0.25) is 19.2 Å². The fraction of sp³-hybridized carbons (Fsp3) is 0.667. The molecule has 0 aromatic carbocycles. The van der Waals surface area contributed by atoms with Crippen molar-refractivity contribution in [3.63, 3.8) is 0 Å². The molecular weight excluding hydrogens is 240 g/mol. The van der Waals surface area contributed by atoms with E-state index in [0.29, 0.717) is 13.0 Å². The van der Waals surface area contributed by atoms with Gasteiger partial charge < -0.3 is 9.84 Å². The van der Waals surface area contributed by atoms with Crippen LogP contribution in [0.2, 0.25) is 0 Å². The van der Waals surface area contributed by atoms with E-state index in [-0.39, 0.29) is 18.0 Å². The second kappa shape index (κ2) is 10.4. The molecule has 0 spiro atoms. The number of Topliss-reactive ketones (excluding diaryl/α,β-unsaturated/α-hetero) is 2. The summed E-state index contributed by atoms with van der Waals surface area (Å²) in [6.07, 6.45) is 0.276. The average molecular weight is 260 g/mol. The van der Waals surface area contributed by atoms with E-state index in [9.17, 15) is 19.2 Å². The van der Waals surface area contributed by atoms with Gasteiger partial charge >= 0.3 is 11.9 Å². The lowest BCUT2D eigenvalue weighted by atomic mass is 10.0. The lowest BCUT2D eigenvalue weighted by molar-refractivity contribution is -0.147. The summed E-state index contributed by atoms with van der Waals surface area (Å²) in [5, 5.41) is 8.32. The second-order valence-electron chi connectivity index (χ2n) is 3.59. The standard InChI is InChI=1S/2C6H10O3/c1-3-9-6(8)4-5(2)7;1-3-5(4(2)7)6(8)9/h3-4H2,1-2H3;5H,3H2,1-2H3,(H,8,9). The van der Waals surface area contributed by atoms with Gasteiger partial charge in [-0.1, -0.05) is 6.92 Å². The van der Waals surface area contributed by atoms with Gasteiger partial charge in [0.15, 0.2) is 0 Å². The van der Waals surface area contributed by atoms with Crippen LogP contribution in [-0.2, 0) is 23.9 Å². The molecule has 0 aliphatic rings. The molecule has 6 heteroatoms. The molecule has 0 rings (SSSR count). The summed E-state index contributed by atoms with van der Waals surface area (Å²) in [4.78, 5) is 41.2. The Bertz CT molecular complexity index is 291. The van der Waals surface area contributed by atoms with Crippen LogP contribution in [0.25, 0.3) is 0 Å². The molecule has 6 nitrogen and oxygen atoms in total. The van der Waals surface area contributed by atoms with E-state index in [1.54, 1.807) is 13.8 Å². The number of hydrogen-bond acceptors (Lipinski definition) is 5. The fourth-order valence-electron chi connectivity index (χ4n) is 1.05. The Kier molecular flexibility index (Phi) is 10.8. The lowest BCUT2D eigenvalue weighted by Crippen LogP contribution is -2.19. The molecule has 1 unspecified atom stereocenters. The highest BCUT2D eigenvalue weighted by Gasteiger charge is 2.19. The molecule has 0 heterocycles. The number of esters is 1. The molecule has 1 N–H and O–H groups in total. The topological polar surface area (TPSA) is 97.7 Å². The van der Waals surface area contributed by atoms with E-state index in [4.69, 9.17) is 5.11 Å². The smallest absolute Gasteiger partial charge is 0.314 e. The molecule has 18 heavy (non-hydrogen) atoms. The van der Waals surface area contributed by atoms with Crippen molar-refractivity contribution in [1.29, 1.82) is 0 Å². The lowest BCUT2D eigenvalue weighted by Gasteiger charge is -2.01. The maximum absolute atomic E-state index is 10.4. The number of rotatable bonds is 6. The zero-order valence-electron chi connectivity index (χ0n) is 11.2. The van der Waals surface area contributed by atoms with Crippen LogP contribution in [0.5, 0.6) is 0 Å². The van der Waals surface area contributed by atoms with Crippen molar-refractivity contribution in [2.75, 3.05) is 6.61 Å². The average Bonchev–Trinajstić information content (AvgIpc) is 2.16. The number of carboxylic acid groups (broad SMARTS) is 1. The van der Waals surface area contributed by atoms with E-state index < -0.39 is 17.9 Å². The highest BCUT2D eigenvalue weighted by Crippen LogP contribution is 2.02. The van der Waals surface area contributed by atoms with Crippen molar-refractivity contribution < 1.29 is 29.0 Å². The first-order valence-electron chi connectivity index (χ1n) is 5.64. The van der Waals surface area contributed by atoms with Gasteiger partial charge in [-0.05, 0) is 27.2 Å². The number of ketones is 2. The molecule has 0 aromatic rings. The monoisotopic (exact) mass is 260 g/mol. The van der Waals surface area contributed by atoms with Crippen LogP contribution in [-0.4, -0.2) is 35.2 Å². The van der Waals surface area contributed by atoms with Gasteiger partial charge in [-0.15, -0.1) is 0 Å². The minimum absolute atomic E-state index is 0.103. The van der Waals surface area contributed by atoms with Crippen molar-refractivity contribution in [2.45, 2.75) is 40.5 Å². The van der Waals surface area contributed by atoms with E-state index in [0.717, 1.165) is 0 Å². The summed E-state index contributed by atoms with van der Waals surface area (Å²) < 4.78 is 4.49. The summed E-state index contributed by atoms with van der Waals surface area (Å²) in [6.45, 7) is 6.38. The molecule has 0 radical (unpaired) electrons. The Morgan fingerprint density at radius 1 is 1.11 bits per heavy atom. The predicted octanol–water partition coefficient (Wildman–Crippen LogP) is 1.21. The molecule has 0 saturated carbocycles. The molecule has 0 saturated heterocycles. The maximum Gasteiger partial charge on any atom is 0.314 e. The van der Waals surface area contributed by atoms with Gasteiger partial charge in [0.1, 0.15) is 23.9 Å². The third-order valence-electron chi connectivity index (χ3n) is 1.90. The molecule has 0 aliphatic heterocycles. The summed E-state index contributed by atoms with van der Waals surface area (Å²) in [5.41, 5.74) is 0. The minimum Gasteiger partial charge on any atom is -0.481 e. The van der Waals surface area contributed by atoms with Crippen LogP contribution in [0.3, 0.4) is 0 Å². The van der Waals surface area contributed by atoms with Crippen LogP contribution in [0, 0.1) is 5.92 Å². The SMILES string of the molecule is CCC(C(C)=O)C(=O)O.CCOC(=O)CC(C)=O. The normalized spacial score (nSPS) is 10.7. The fourth-order valence-corrected chi connectivity index (χ4v) is 1.05. The molecular formula is C12H20O6. The van der Waals surface area contributed by atoms with E-state index >= 15 is 0 Å². The van der Waals surface area contributed by atoms with E-state index in [2.05, 4.69) is 4.74 Å². The summed E-state index contributed by atoms with van der Waals surface area (Å²) in [7, 11) is 0. The summed E-state index contributed by atoms with van der Waals surface area (Å²) >= 11 is 0. The van der Waals surface area contributed by atoms with Crippen molar-refractivity contribution in [1.82, 2.24) is 0 Å². The first-order valence-corrected chi connectivity index (χ1v) is 5.64. The third-order valence-corrected chi connectivity index (χ3v) is 1.90. The minimum atomic E-state index is -1.02. The maximum atomic E-state index is 10.4. The number of carbonyl (C=O) groups excluding carboxylic acids is 3. The Hall–Kier alpha value is -1.72. The Morgan fingerprint density at radius 2 is 1.61 bits per heavy atom. The highest BCUT2D eigenvalue weighted by atomic mass is 16.5. The number of carbonyl (C=O) groups is 4. The number of carboxylic acids is 1. The van der Waals surface area contributed by atoms with Gasteiger partial charge in [0.25, 0.3) is 0 Å². The van der Waals surface area contributed by atoms with E-state index in [1.807, 2.05) is 0 Å². The van der Waals surface area contributed by atoms with Gasteiger partial charge in [0.05, 0.1) is 6.61 Å². The largest absolute Gasteiger partial charge is 0.481 e. The molecule has 0 aromatic heterocycles. The number of aliphatic carboxylic acids is 1. The van der Waals surface area contributed by atoms with Gasteiger partial charge in [0.2, 0.25) is 0 Å². The zero-order chi connectivity index (χ0) is 14.7. The highest BCUT2D eigenvalue weighted by molar-refractivity contribution is 5.96. The van der Waals surface area contributed by atoms with Crippen LogP contribution >= 0.6 is 0 Å². The molecule has 0 fully saturated rings. The van der Waals surface area contributed by atoms with Crippen LogP contribution in [0.15, 0.2) is 0 Å². The van der Waals surface area contributed by atoms with E-state index in [1.165, 1.54) is 13.8 Å².